The van der Waals surface area contributed by atoms with Gasteiger partial charge in [-0.1, -0.05) is 25.1 Å². The lowest BCUT2D eigenvalue weighted by atomic mass is 10.0. The summed E-state index contributed by atoms with van der Waals surface area (Å²) in [5.74, 6) is 0.539. The summed E-state index contributed by atoms with van der Waals surface area (Å²) < 4.78 is 17.0. The molecule has 1 heterocycles. The molecule has 1 aliphatic heterocycles. The summed E-state index contributed by atoms with van der Waals surface area (Å²) in [5.41, 5.74) is 0.908. The van der Waals surface area contributed by atoms with Crippen LogP contribution >= 0.6 is 0 Å². The summed E-state index contributed by atoms with van der Waals surface area (Å²) in [4.78, 5) is 12.2. The molecule has 0 aromatic heterocycles. The quantitative estimate of drug-likeness (QED) is 0.793. The first-order valence-electron chi connectivity index (χ1n) is 8.67. The fraction of sp³-hybridized carbons (Fsp3) is 0.632. The minimum atomic E-state index is -0.512. The maximum absolute atomic E-state index is 12.2. The van der Waals surface area contributed by atoms with Crippen LogP contribution in [0.2, 0.25) is 0 Å². The predicted molar refractivity (Wildman–Crippen MR) is 93.0 cm³/mol. The lowest BCUT2D eigenvalue weighted by molar-refractivity contribution is -0.154. The van der Waals surface area contributed by atoms with Gasteiger partial charge in [0, 0.05) is 18.5 Å². The number of para-hydroxylation sites is 1. The molecule has 1 amide bonds. The second kappa shape index (κ2) is 8.49. The van der Waals surface area contributed by atoms with Gasteiger partial charge in [0.15, 0.2) is 5.79 Å². The third-order valence-corrected chi connectivity index (χ3v) is 3.95. The Labute approximate surface area is 144 Å². The standard InChI is InChI=1S/C19H29NO4/c1-14(2)24-17-8-6-5-7-16(17)11-18(21)20-13-15(3)12-19(4)22-9-10-23-19/h5-8,14-15H,9-13H2,1-4H3,(H,20,21)/t15-/m1/s1. The van der Waals surface area contributed by atoms with E-state index in [2.05, 4.69) is 12.2 Å². The van der Waals surface area contributed by atoms with Crippen molar-refractivity contribution in [2.75, 3.05) is 19.8 Å². The van der Waals surface area contributed by atoms with E-state index in [0.717, 1.165) is 17.7 Å². The van der Waals surface area contributed by atoms with Crippen molar-refractivity contribution >= 4 is 5.91 Å². The van der Waals surface area contributed by atoms with Crippen molar-refractivity contribution in [1.29, 1.82) is 0 Å². The van der Waals surface area contributed by atoms with Crippen LogP contribution in [0, 0.1) is 5.92 Å². The molecule has 0 bridgehead atoms. The Balaban J connectivity index is 1.81. The molecule has 2 rings (SSSR count). The van der Waals surface area contributed by atoms with Gasteiger partial charge in [0.1, 0.15) is 5.75 Å². The van der Waals surface area contributed by atoms with Crippen LogP contribution in [0.25, 0.3) is 0 Å². The second-order valence-corrected chi connectivity index (χ2v) is 6.90. The Morgan fingerprint density at radius 2 is 1.92 bits per heavy atom. The van der Waals surface area contributed by atoms with E-state index in [9.17, 15) is 4.79 Å². The van der Waals surface area contributed by atoms with Gasteiger partial charge in [0.05, 0.1) is 25.7 Å². The Hall–Kier alpha value is -1.59. The topological polar surface area (TPSA) is 56.8 Å². The van der Waals surface area contributed by atoms with Crippen LogP contribution in [-0.4, -0.2) is 37.6 Å². The number of nitrogens with one attached hydrogen (secondary N) is 1. The van der Waals surface area contributed by atoms with Gasteiger partial charge in [0.25, 0.3) is 0 Å². The summed E-state index contributed by atoms with van der Waals surface area (Å²) in [6.45, 7) is 9.89. The lowest BCUT2D eigenvalue weighted by Gasteiger charge is -2.26. The van der Waals surface area contributed by atoms with E-state index < -0.39 is 5.79 Å². The average molecular weight is 335 g/mol. The number of carbonyl (C=O) groups is 1. The number of benzene rings is 1. The molecule has 0 spiro atoms. The fourth-order valence-electron chi connectivity index (χ4n) is 2.92. The van der Waals surface area contributed by atoms with Crippen LogP contribution in [-0.2, 0) is 20.7 Å². The van der Waals surface area contributed by atoms with E-state index in [1.54, 1.807) is 0 Å². The highest BCUT2D eigenvalue weighted by atomic mass is 16.7. The maximum Gasteiger partial charge on any atom is 0.224 e. The van der Waals surface area contributed by atoms with Crippen LogP contribution in [0.4, 0.5) is 0 Å². The summed E-state index contributed by atoms with van der Waals surface area (Å²) in [6.07, 6.45) is 1.17. The minimum Gasteiger partial charge on any atom is -0.491 e. The fourth-order valence-corrected chi connectivity index (χ4v) is 2.92. The molecule has 1 aliphatic rings. The van der Waals surface area contributed by atoms with Gasteiger partial charge < -0.3 is 19.5 Å². The molecule has 0 radical (unpaired) electrons. The normalized spacial score (nSPS) is 17.7. The zero-order valence-corrected chi connectivity index (χ0v) is 15.1. The van der Waals surface area contributed by atoms with Crippen molar-refractivity contribution in [3.8, 4) is 5.75 Å². The van der Waals surface area contributed by atoms with Crippen LogP contribution < -0.4 is 10.1 Å². The van der Waals surface area contributed by atoms with Gasteiger partial charge in [0.2, 0.25) is 5.91 Å². The van der Waals surface area contributed by atoms with Crippen molar-refractivity contribution in [2.45, 2.75) is 52.4 Å². The monoisotopic (exact) mass is 335 g/mol. The average Bonchev–Trinajstić information content (AvgIpc) is 2.93. The molecule has 1 fully saturated rings. The number of carbonyl (C=O) groups excluding carboxylic acids is 1. The van der Waals surface area contributed by atoms with Crippen molar-refractivity contribution in [3.63, 3.8) is 0 Å². The number of hydrogen-bond acceptors (Lipinski definition) is 4. The van der Waals surface area contributed by atoms with Gasteiger partial charge in [-0.2, -0.15) is 0 Å². The van der Waals surface area contributed by atoms with Crippen LogP contribution in [0.1, 0.15) is 39.7 Å². The number of ether oxygens (including phenoxy) is 3. The molecule has 5 heteroatoms. The highest BCUT2D eigenvalue weighted by Gasteiger charge is 2.32. The van der Waals surface area contributed by atoms with E-state index in [1.807, 2.05) is 45.0 Å². The predicted octanol–water partition coefficient (Wildman–Crippen LogP) is 2.92. The molecule has 134 valence electrons. The van der Waals surface area contributed by atoms with E-state index in [-0.39, 0.29) is 17.9 Å². The van der Waals surface area contributed by atoms with E-state index in [4.69, 9.17) is 14.2 Å². The van der Waals surface area contributed by atoms with Gasteiger partial charge in [-0.3, -0.25) is 4.79 Å². The summed E-state index contributed by atoms with van der Waals surface area (Å²) in [6, 6.07) is 7.68. The smallest absolute Gasteiger partial charge is 0.224 e. The largest absolute Gasteiger partial charge is 0.491 e. The lowest BCUT2D eigenvalue weighted by Crippen LogP contribution is -2.35. The molecule has 0 aliphatic carbocycles. The zero-order valence-electron chi connectivity index (χ0n) is 15.1. The molecule has 0 saturated carbocycles. The second-order valence-electron chi connectivity index (χ2n) is 6.90. The van der Waals surface area contributed by atoms with E-state index in [1.165, 1.54) is 0 Å². The van der Waals surface area contributed by atoms with Crippen molar-refractivity contribution in [2.24, 2.45) is 5.92 Å². The Kier molecular flexibility index (Phi) is 6.63. The van der Waals surface area contributed by atoms with Gasteiger partial charge in [-0.25, -0.2) is 0 Å². The molecular formula is C19H29NO4. The van der Waals surface area contributed by atoms with Gasteiger partial charge in [-0.05, 0) is 32.8 Å². The molecule has 24 heavy (non-hydrogen) atoms. The van der Waals surface area contributed by atoms with Crippen LogP contribution in [0.3, 0.4) is 0 Å². The number of amides is 1. The first kappa shape index (κ1) is 18.7. The summed E-state index contributed by atoms with van der Waals surface area (Å²) in [5, 5.41) is 3.00. The van der Waals surface area contributed by atoms with E-state index in [0.29, 0.717) is 26.2 Å². The van der Waals surface area contributed by atoms with Gasteiger partial charge in [-0.15, -0.1) is 0 Å². The maximum atomic E-state index is 12.2. The molecule has 1 aromatic rings. The molecular weight excluding hydrogens is 306 g/mol. The summed E-state index contributed by atoms with van der Waals surface area (Å²) in [7, 11) is 0. The summed E-state index contributed by atoms with van der Waals surface area (Å²) >= 11 is 0. The molecule has 1 aromatic carbocycles. The van der Waals surface area contributed by atoms with Gasteiger partial charge >= 0.3 is 0 Å². The minimum absolute atomic E-state index is 0.0000628. The van der Waals surface area contributed by atoms with Crippen molar-refractivity contribution in [1.82, 2.24) is 5.32 Å². The Morgan fingerprint density at radius 3 is 2.58 bits per heavy atom. The highest BCUT2D eigenvalue weighted by molar-refractivity contribution is 5.79. The molecule has 1 N–H and O–H groups in total. The molecule has 0 unspecified atom stereocenters. The van der Waals surface area contributed by atoms with Crippen LogP contribution in [0.5, 0.6) is 5.75 Å². The Bertz CT molecular complexity index is 538. The molecule has 1 atom stereocenters. The number of hydrogen-bond donors (Lipinski definition) is 1. The first-order chi connectivity index (χ1) is 11.4. The Morgan fingerprint density at radius 1 is 1.25 bits per heavy atom. The zero-order chi connectivity index (χ0) is 17.6. The third-order valence-electron chi connectivity index (χ3n) is 3.95. The van der Waals surface area contributed by atoms with E-state index >= 15 is 0 Å². The molecule has 1 saturated heterocycles. The number of rotatable bonds is 8. The first-order valence-corrected chi connectivity index (χ1v) is 8.67. The SMILES string of the molecule is CC(C)Oc1ccccc1CC(=O)NC[C@H](C)CC1(C)OCCO1. The molecule has 5 nitrogen and oxygen atoms in total. The highest BCUT2D eigenvalue weighted by Crippen LogP contribution is 2.26. The third kappa shape index (κ3) is 5.80. The van der Waals surface area contributed by atoms with Crippen molar-refractivity contribution in [3.05, 3.63) is 29.8 Å². The van der Waals surface area contributed by atoms with Crippen LogP contribution in [0.15, 0.2) is 24.3 Å². The van der Waals surface area contributed by atoms with Crippen molar-refractivity contribution < 1.29 is 19.0 Å².